The summed E-state index contributed by atoms with van der Waals surface area (Å²) in [5, 5.41) is 12.9. The van der Waals surface area contributed by atoms with Crippen LogP contribution in [0.15, 0.2) is 0 Å². The normalized spacial score (nSPS) is 13.9. The number of rotatable bonds is 4. The monoisotopic (exact) mass is 316 g/mol. The number of halogens is 1. The second-order valence-electron chi connectivity index (χ2n) is 5.51. The number of hydrogen-bond donors (Lipinski definition) is 3. The Morgan fingerprint density at radius 3 is 2.81 bits per heavy atom. The van der Waals surface area contributed by atoms with Crippen molar-refractivity contribution in [3.8, 4) is 0 Å². The number of fused-ring (bicyclic) bond motifs is 1. The molecule has 0 aliphatic carbocycles. The van der Waals surface area contributed by atoms with E-state index < -0.39 is 5.41 Å². The molecule has 3 N–H and O–H groups in total. The largest absolute Gasteiger partial charge is 0.469 e. The van der Waals surface area contributed by atoms with Crippen molar-refractivity contribution < 1.29 is 14.3 Å². The predicted molar refractivity (Wildman–Crippen MR) is 79.4 cm³/mol. The van der Waals surface area contributed by atoms with Gasteiger partial charge in [0.05, 0.1) is 12.5 Å². The van der Waals surface area contributed by atoms with Gasteiger partial charge in [-0.15, -0.1) is 12.4 Å². The first-order valence-electron chi connectivity index (χ1n) is 6.59. The number of carbonyl (C=O) groups is 2. The highest BCUT2D eigenvalue weighted by Crippen LogP contribution is 2.17. The molecule has 0 spiro atoms. The Labute approximate surface area is 129 Å². The summed E-state index contributed by atoms with van der Waals surface area (Å²) >= 11 is 0. The van der Waals surface area contributed by atoms with Crippen molar-refractivity contribution in [3.63, 3.8) is 0 Å². The number of methoxy groups -OCH3 is 1. The summed E-state index contributed by atoms with van der Waals surface area (Å²) in [5.74, 6) is -0.633. The Morgan fingerprint density at radius 2 is 2.14 bits per heavy atom. The summed E-state index contributed by atoms with van der Waals surface area (Å²) < 4.78 is 4.71. The number of ether oxygens (including phenoxy) is 1. The molecule has 2 rings (SSSR count). The van der Waals surface area contributed by atoms with Gasteiger partial charge >= 0.3 is 5.97 Å². The van der Waals surface area contributed by atoms with Gasteiger partial charge in [0, 0.05) is 37.3 Å². The minimum Gasteiger partial charge on any atom is -0.469 e. The van der Waals surface area contributed by atoms with Gasteiger partial charge < -0.3 is 15.4 Å². The van der Waals surface area contributed by atoms with Gasteiger partial charge in [-0.2, -0.15) is 5.10 Å². The molecule has 0 atom stereocenters. The van der Waals surface area contributed by atoms with Crippen molar-refractivity contribution in [1.29, 1.82) is 0 Å². The average Bonchev–Trinajstić information content (AvgIpc) is 2.88. The Hall–Kier alpha value is -1.60. The van der Waals surface area contributed by atoms with Gasteiger partial charge in [0.15, 0.2) is 5.69 Å². The van der Waals surface area contributed by atoms with Crippen LogP contribution in [0.3, 0.4) is 0 Å². The maximum Gasteiger partial charge on any atom is 0.313 e. The summed E-state index contributed by atoms with van der Waals surface area (Å²) in [7, 11) is 1.33. The SMILES string of the molecule is COC(=O)C(C)(C)CNC(=O)c1n[nH]c2c1CNCC2.Cl. The maximum absolute atomic E-state index is 12.2. The van der Waals surface area contributed by atoms with E-state index in [0.717, 1.165) is 24.2 Å². The Morgan fingerprint density at radius 1 is 1.43 bits per heavy atom. The third-order valence-electron chi connectivity index (χ3n) is 3.45. The predicted octanol–water partition coefficient (Wildman–Crippen LogP) is 0.406. The smallest absolute Gasteiger partial charge is 0.313 e. The van der Waals surface area contributed by atoms with Crippen LogP contribution in [0.4, 0.5) is 0 Å². The molecule has 0 saturated heterocycles. The zero-order valence-corrected chi connectivity index (χ0v) is 13.2. The molecule has 7 nitrogen and oxygen atoms in total. The van der Waals surface area contributed by atoms with Crippen LogP contribution >= 0.6 is 12.4 Å². The molecule has 2 heterocycles. The summed E-state index contributed by atoms with van der Waals surface area (Å²) in [6, 6.07) is 0. The first kappa shape index (κ1) is 17.5. The average molecular weight is 317 g/mol. The zero-order valence-electron chi connectivity index (χ0n) is 12.4. The van der Waals surface area contributed by atoms with Gasteiger partial charge in [-0.3, -0.25) is 14.7 Å². The van der Waals surface area contributed by atoms with Gasteiger partial charge in [-0.1, -0.05) is 0 Å². The van der Waals surface area contributed by atoms with Crippen LogP contribution in [0.25, 0.3) is 0 Å². The van der Waals surface area contributed by atoms with Crippen molar-refractivity contribution in [1.82, 2.24) is 20.8 Å². The summed E-state index contributed by atoms with van der Waals surface area (Å²) in [6.45, 7) is 5.16. The quantitative estimate of drug-likeness (QED) is 0.699. The van der Waals surface area contributed by atoms with Crippen LogP contribution in [0.2, 0.25) is 0 Å². The van der Waals surface area contributed by atoms with E-state index in [1.807, 2.05) is 0 Å². The second kappa shape index (κ2) is 6.91. The van der Waals surface area contributed by atoms with Gasteiger partial charge in [0.25, 0.3) is 5.91 Å². The Kier molecular flexibility index (Phi) is 5.74. The van der Waals surface area contributed by atoms with Crippen LogP contribution in [0.5, 0.6) is 0 Å². The van der Waals surface area contributed by atoms with E-state index in [1.165, 1.54) is 7.11 Å². The number of amides is 1. The van der Waals surface area contributed by atoms with Crippen molar-refractivity contribution in [2.75, 3.05) is 20.2 Å². The molecule has 1 aromatic rings. The lowest BCUT2D eigenvalue weighted by Crippen LogP contribution is -2.40. The number of hydrogen-bond acceptors (Lipinski definition) is 5. The minimum absolute atomic E-state index is 0. The zero-order chi connectivity index (χ0) is 14.8. The first-order chi connectivity index (χ1) is 9.45. The molecule has 0 fully saturated rings. The number of carbonyl (C=O) groups excluding carboxylic acids is 2. The molecule has 1 amide bonds. The lowest BCUT2D eigenvalue weighted by molar-refractivity contribution is -0.150. The molecule has 0 bridgehead atoms. The Bertz CT molecular complexity index is 527. The molecule has 1 aromatic heterocycles. The van der Waals surface area contributed by atoms with Gasteiger partial charge in [0.2, 0.25) is 0 Å². The van der Waals surface area contributed by atoms with Crippen molar-refractivity contribution >= 4 is 24.3 Å². The fourth-order valence-corrected chi connectivity index (χ4v) is 2.15. The molecule has 1 aliphatic rings. The number of aromatic nitrogens is 2. The molecule has 0 unspecified atom stereocenters. The lowest BCUT2D eigenvalue weighted by Gasteiger charge is -2.21. The van der Waals surface area contributed by atoms with Crippen LogP contribution < -0.4 is 10.6 Å². The van der Waals surface area contributed by atoms with E-state index in [4.69, 9.17) is 4.74 Å². The highest BCUT2D eigenvalue weighted by atomic mass is 35.5. The summed E-state index contributed by atoms with van der Waals surface area (Å²) in [5.41, 5.74) is 1.54. The fourth-order valence-electron chi connectivity index (χ4n) is 2.15. The molecular weight excluding hydrogens is 296 g/mol. The topological polar surface area (TPSA) is 96.1 Å². The van der Waals surface area contributed by atoms with E-state index in [1.54, 1.807) is 13.8 Å². The third-order valence-corrected chi connectivity index (χ3v) is 3.45. The third kappa shape index (κ3) is 3.74. The van der Waals surface area contributed by atoms with Crippen molar-refractivity contribution in [2.45, 2.75) is 26.8 Å². The minimum atomic E-state index is -0.765. The van der Waals surface area contributed by atoms with E-state index in [-0.39, 0.29) is 30.8 Å². The maximum atomic E-state index is 12.2. The molecule has 21 heavy (non-hydrogen) atoms. The summed E-state index contributed by atoms with van der Waals surface area (Å²) in [6.07, 6.45) is 0.837. The molecule has 0 aromatic carbocycles. The molecule has 0 radical (unpaired) electrons. The number of nitrogens with one attached hydrogen (secondary N) is 3. The number of H-pyrrole nitrogens is 1. The van der Waals surface area contributed by atoms with Crippen LogP contribution in [0.1, 0.15) is 35.6 Å². The van der Waals surface area contributed by atoms with Gasteiger partial charge in [-0.25, -0.2) is 0 Å². The van der Waals surface area contributed by atoms with Crippen molar-refractivity contribution in [3.05, 3.63) is 17.0 Å². The van der Waals surface area contributed by atoms with E-state index in [0.29, 0.717) is 12.2 Å². The molecule has 118 valence electrons. The van der Waals surface area contributed by atoms with Crippen LogP contribution in [-0.2, 0) is 22.5 Å². The van der Waals surface area contributed by atoms with E-state index >= 15 is 0 Å². The van der Waals surface area contributed by atoms with Crippen LogP contribution in [-0.4, -0.2) is 42.3 Å². The number of aromatic amines is 1. The van der Waals surface area contributed by atoms with Gasteiger partial charge in [0.1, 0.15) is 0 Å². The fraction of sp³-hybridized carbons (Fsp3) is 0.615. The number of nitrogens with zero attached hydrogens (tertiary/aromatic N) is 1. The standard InChI is InChI=1S/C13H20N4O3.ClH/c1-13(2,12(19)20-3)7-15-11(18)10-8-6-14-5-4-9(8)16-17-10;/h14H,4-7H2,1-3H3,(H,15,18)(H,16,17);1H. The molecular formula is C13H21ClN4O3. The van der Waals surface area contributed by atoms with Gasteiger partial charge in [-0.05, 0) is 13.8 Å². The highest BCUT2D eigenvalue weighted by Gasteiger charge is 2.30. The molecule has 8 heteroatoms. The van der Waals surface area contributed by atoms with Crippen LogP contribution in [0, 0.1) is 5.41 Å². The van der Waals surface area contributed by atoms with E-state index in [9.17, 15) is 9.59 Å². The lowest BCUT2D eigenvalue weighted by atomic mass is 9.93. The second-order valence-corrected chi connectivity index (χ2v) is 5.51. The Balaban J connectivity index is 0.00000220. The first-order valence-corrected chi connectivity index (χ1v) is 6.59. The van der Waals surface area contributed by atoms with E-state index in [2.05, 4.69) is 20.8 Å². The molecule has 0 saturated carbocycles. The summed E-state index contributed by atoms with van der Waals surface area (Å²) in [4.78, 5) is 23.7. The number of esters is 1. The van der Waals surface area contributed by atoms with Crippen molar-refractivity contribution in [2.24, 2.45) is 5.41 Å². The molecule has 1 aliphatic heterocycles. The highest BCUT2D eigenvalue weighted by molar-refractivity contribution is 5.94.